The highest BCUT2D eigenvalue weighted by Gasteiger charge is 2.12. The molecule has 0 saturated heterocycles. The van der Waals surface area contributed by atoms with Crippen LogP contribution in [0.3, 0.4) is 0 Å². The number of benzene rings is 2. The van der Waals surface area contributed by atoms with E-state index < -0.39 is 5.69 Å². The highest BCUT2D eigenvalue weighted by molar-refractivity contribution is 7.99. The van der Waals surface area contributed by atoms with Crippen molar-refractivity contribution in [2.45, 2.75) is 23.0 Å². The number of hydrogen-bond donors (Lipinski definition) is 1. The Hall–Kier alpha value is -3.46. The molecule has 2 heterocycles. The fourth-order valence-corrected chi connectivity index (χ4v) is 3.47. The summed E-state index contributed by atoms with van der Waals surface area (Å²) in [6.45, 7) is 0.0174. The van der Waals surface area contributed by atoms with Crippen LogP contribution in [0, 0.1) is 5.82 Å². The molecule has 0 aliphatic heterocycles. The van der Waals surface area contributed by atoms with Gasteiger partial charge >= 0.3 is 5.69 Å². The first kappa shape index (κ1) is 18.9. The van der Waals surface area contributed by atoms with Gasteiger partial charge in [-0.1, -0.05) is 42.1 Å². The van der Waals surface area contributed by atoms with Crippen LogP contribution in [0.25, 0.3) is 5.65 Å². The Bertz CT molecular complexity index is 1210. The number of amides is 1. The third kappa shape index (κ3) is 4.52. The van der Waals surface area contributed by atoms with Crippen LogP contribution in [0.4, 0.5) is 4.39 Å². The Kier molecular flexibility index (Phi) is 5.39. The van der Waals surface area contributed by atoms with E-state index in [0.717, 1.165) is 15.1 Å². The quantitative estimate of drug-likeness (QED) is 0.495. The number of nitrogens with zero attached hydrogens (tertiary/aromatic N) is 4. The summed E-state index contributed by atoms with van der Waals surface area (Å²) in [5.41, 5.74) is 0.726. The fraction of sp³-hybridized carbons (Fsp3) is 0.100. The Balaban J connectivity index is 1.45. The van der Waals surface area contributed by atoms with Gasteiger partial charge in [-0.25, -0.2) is 23.3 Å². The molecule has 2 aromatic carbocycles. The van der Waals surface area contributed by atoms with Crippen LogP contribution in [-0.2, 0) is 17.9 Å². The third-order valence-electron chi connectivity index (χ3n) is 4.11. The van der Waals surface area contributed by atoms with E-state index in [2.05, 4.69) is 15.4 Å². The minimum absolute atomic E-state index is 0.219. The van der Waals surface area contributed by atoms with Gasteiger partial charge in [0.2, 0.25) is 5.91 Å². The van der Waals surface area contributed by atoms with Gasteiger partial charge in [0.25, 0.3) is 0 Å². The zero-order chi connectivity index (χ0) is 20.2. The normalized spacial score (nSPS) is 10.9. The van der Waals surface area contributed by atoms with Crippen molar-refractivity contribution in [2.75, 3.05) is 0 Å². The van der Waals surface area contributed by atoms with Gasteiger partial charge in [-0.05, 0) is 29.8 Å². The highest BCUT2D eigenvalue weighted by Crippen LogP contribution is 2.25. The van der Waals surface area contributed by atoms with E-state index in [-0.39, 0.29) is 24.8 Å². The summed E-state index contributed by atoms with van der Waals surface area (Å²) in [4.78, 5) is 29.9. The molecule has 4 rings (SSSR count). The molecule has 0 aliphatic rings. The molecule has 0 aliphatic carbocycles. The van der Waals surface area contributed by atoms with Crippen molar-refractivity contribution < 1.29 is 9.18 Å². The molecule has 0 saturated carbocycles. The molecule has 1 N–H and O–H groups in total. The first-order chi connectivity index (χ1) is 14.1. The lowest BCUT2D eigenvalue weighted by molar-refractivity contribution is -0.122. The van der Waals surface area contributed by atoms with E-state index >= 15 is 0 Å². The summed E-state index contributed by atoms with van der Waals surface area (Å²) in [6.07, 6.45) is 1.41. The summed E-state index contributed by atoms with van der Waals surface area (Å²) < 4.78 is 15.3. The Morgan fingerprint density at radius 1 is 1.10 bits per heavy atom. The zero-order valence-corrected chi connectivity index (χ0v) is 16.0. The number of carbonyl (C=O) groups is 1. The average molecular weight is 409 g/mol. The molecular weight excluding hydrogens is 393 g/mol. The monoisotopic (exact) mass is 409 g/mol. The molecule has 0 radical (unpaired) electrons. The van der Waals surface area contributed by atoms with Gasteiger partial charge in [-0.15, -0.1) is 5.10 Å². The van der Waals surface area contributed by atoms with Crippen LogP contribution < -0.4 is 11.0 Å². The second-order valence-corrected chi connectivity index (χ2v) is 7.31. The van der Waals surface area contributed by atoms with Crippen molar-refractivity contribution in [1.29, 1.82) is 0 Å². The van der Waals surface area contributed by atoms with E-state index in [9.17, 15) is 14.0 Å². The molecule has 9 heteroatoms. The van der Waals surface area contributed by atoms with Crippen LogP contribution in [-0.4, -0.2) is 25.1 Å². The summed E-state index contributed by atoms with van der Waals surface area (Å²) in [6, 6.07) is 17.3. The van der Waals surface area contributed by atoms with Gasteiger partial charge in [-0.2, -0.15) is 0 Å². The SMILES string of the molecule is O=C(Cn1nc2cc(Sc3ccccc3)ncn2c1=O)NCc1ccc(F)cc1. The number of rotatable bonds is 6. The molecule has 29 heavy (non-hydrogen) atoms. The van der Waals surface area contributed by atoms with Gasteiger partial charge in [0.15, 0.2) is 5.65 Å². The van der Waals surface area contributed by atoms with Crippen molar-refractivity contribution in [2.24, 2.45) is 0 Å². The van der Waals surface area contributed by atoms with E-state index in [1.54, 1.807) is 18.2 Å². The lowest BCUT2D eigenvalue weighted by Gasteiger charge is -2.04. The molecule has 0 spiro atoms. The first-order valence-electron chi connectivity index (χ1n) is 8.78. The summed E-state index contributed by atoms with van der Waals surface area (Å²) >= 11 is 1.46. The topological polar surface area (TPSA) is 81.3 Å². The second kappa shape index (κ2) is 8.27. The predicted molar refractivity (Wildman–Crippen MR) is 106 cm³/mol. The Morgan fingerprint density at radius 3 is 2.62 bits per heavy atom. The molecule has 1 amide bonds. The summed E-state index contributed by atoms with van der Waals surface area (Å²) in [5, 5.41) is 7.61. The standard InChI is InChI=1S/C20H16FN5O2S/c21-15-8-6-14(7-9-15)11-22-18(27)12-26-20(28)25-13-23-19(10-17(25)24-26)29-16-4-2-1-3-5-16/h1-10,13H,11-12H2,(H,22,27). The van der Waals surface area contributed by atoms with Crippen LogP contribution >= 0.6 is 11.8 Å². The van der Waals surface area contributed by atoms with E-state index in [1.807, 2.05) is 30.3 Å². The smallest absolute Gasteiger partial charge is 0.350 e. The molecule has 7 nitrogen and oxygen atoms in total. The second-order valence-electron chi connectivity index (χ2n) is 6.21. The summed E-state index contributed by atoms with van der Waals surface area (Å²) in [5.74, 6) is -0.707. The van der Waals surface area contributed by atoms with Gasteiger partial charge in [-0.3, -0.25) is 4.79 Å². The predicted octanol–water partition coefficient (Wildman–Crippen LogP) is 2.50. The minimum Gasteiger partial charge on any atom is -0.350 e. The Morgan fingerprint density at radius 2 is 1.86 bits per heavy atom. The van der Waals surface area contributed by atoms with Crippen LogP contribution in [0.1, 0.15) is 5.56 Å². The van der Waals surface area contributed by atoms with Gasteiger partial charge in [0.05, 0.1) is 0 Å². The number of hydrogen-bond acceptors (Lipinski definition) is 5. The largest absolute Gasteiger partial charge is 0.352 e. The third-order valence-corrected chi connectivity index (χ3v) is 5.05. The van der Waals surface area contributed by atoms with E-state index in [0.29, 0.717) is 10.7 Å². The number of fused-ring (bicyclic) bond motifs is 1. The van der Waals surface area contributed by atoms with Crippen molar-refractivity contribution in [3.05, 3.63) is 88.9 Å². The van der Waals surface area contributed by atoms with Gasteiger partial charge in [0.1, 0.15) is 23.7 Å². The molecule has 2 aromatic heterocycles. The lowest BCUT2D eigenvalue weighted by Crippen LogP contribution is -2.32. The molecule has 146 valence electrons. The van der Waals surface area contributed by atoms with Crippen molar-refractivity contribution in [1.82, 2.24) is 24.5 Å². The number of carbonyl (C=O) groups excluding carboxylic acids is 1. The summed E-state index contributed by atoms with van der Waals surface area (Å²) in [7, 11) is 0. The lowest BCUT2D eigenvalue weighted by atomic mass is 10.2. The van der Waals surface area contributed by atoms with Crippen molar-refractivity contribution in [3.63, 3.8) is 0 Å². The van der Waals surface area contributed by atoms with E-state index in [1.165, 1.54) is 34.6 Å². The van der Waals surface area contributed by atoms with Crippen molar-refractivity contribution >= 4 is 23.3 Å². The van der Waals surface area contributed by atoms with Crippen molar-refractivity contribution in [3.8, 4) is 0 Å². The molecular formula is C20H16FN5O2S. The molecule has 0 fully saturated rings. The number of nitrogens with one attached hydrogen (secondary N) is 1. The minimum atomic E-state index is -0.444. The first-order valence-corrected chi connectivity index (χ1v) is 9.59. The maximum absolute atomic E-state index is 12.9. The molecule has 4 aromatic rings. The van der Waals surface area contributed by atoms with Gasteiger partial charge < -0.3 is 5.32 Å². The number of aromatic nitrogens is 4. The molecule has 0 unspecified atom stereocenters. The number of halogens is 1. The fourth-order valence-electron chi connectivity index (χ4n) is 2.67. The molecule has 0 bridgehead atoms. The zero-order valence-electron chi connectivity index (χ0n) is 15.2. The van der Waals surface area contributed by atoms with E-state index in [4.69, 9.17) is 0 Å². The molecule has 0 atom stereocenters. The van der Waals surface area contributed by atoms with Crippen LogP contribution in [0.5, 0.6) is 0 Å². The average Bonchev–Trinajstić information content (AvgIpc) is 3.03. The Labute approximate surface area is 169 Å². The van der Waals surface area contributed by atoms with Crippen LogP contribution in [0.15, 0.2) is 81.7 Å². The highest BCUT2D eigenvalue weighted by atomic mass is 32.2. The maximum Gasteiger partial charge on any atom is 0.352 e. The van der Waals surface area contributed by atoms with Gasteiger partial charge in [0, 0.05) is 17.5 Å². The maximum atomic E-state index is 12.9. The van der Waals surface area contributed by atoms with Crippen LogP contribution in [0.2, 0.25) is 0 Å².